The van der Waals surface area contributed by atoms with E-state index in [4.69, 9.17) is 10.8 Å². The maximum Gasteiger partial charge on any atom is 0.326 e. The molecule has 0 aromatic heterocycles. The molecule has 0 radical (unpaired) electrons. The lowest BCUT2D eigenvalue weighted by molar-refractivity contribution is -0.144. The number of phenols is 1. The zero-order valence-corrected chi connectivity index (χ0v) is 21.0. The van der Waals surface area contributed by atoms with E-state index in [2.05, 4.69) is 16.0 Å². The Morgan fingerprint density at radius 3 is 1.92 bits per heavy atom. The van der Waals surface area contributed by atoms with Gasteiger partial charge >= 0.3 is 11.9 Å². The standard InChI is InChI=1S/C24H36N4O9/c1-12(2)10-16(25)21(33)27-18(11-14-4-6-15(30)7-5-14)22(34)28-20(13(3)29)23(35)26-17(24(36)37)8-9-19(31)32/h4-7,12-13,16-18,20,29-30H,8-11,25H2,1-3H3,(H,26,35)(H,27,33)(H,28,34)(H,31,32)(H,36,37). The van der Waals surface area contributed by atoms with E-state index >= 15 is 0 Å². The number of carbonyl (C=O) groups is 5. The van der Waals surface area contributed by atoms with Gasteiger partial charge in [-0.15, -0.1) is 0 Å². The van der Waals surface area contributed by atoms with Gasteiger partial charge in [0.15, 0.2) is 0 Å². The van der Waals surface area contributed by atoms with Crippen LogP contribution in [0, 0.1) is 5.92 Å². The summed E-state index contributed by atoms with van der Waals surface area (Å²) in [6, 6.07) is 0.551. The molecule has 0 spiro atoms. The number of carboxylic acid groups (broad SMARTS) is 2. The number of carboxylic acids is 2. The average molecular weight is 525 g/mol. The van der Waals surface area contributed by atoms with Crippen LogP contribution in [0.15, 0.2) is 24.3 Å². The van der Waals surface area contributed by atoms with Gasteiger partial charge in [0.1, 0.15) is 23.9 Å². The average Bonchev–Trinajstić information content (AvgIpc) is 2.79. The second kappa shape index (κ2) is 14.8. The Bertz CT molecular complexity index is 950. The van der Waals surface area contributed by atoms with Crippen LogP contribution in [-0.4, -0.2) is 80.4 Å². The maximum atomic E-state index is 13.1. The van der Waals surface area contributed by atoms with E-state index in [0.29, 0.717) is 12.0 Å². The number of aliphatic carboxylic acids is 2. The van der Waals surface area contributed by atoms with E-state index in [1.54, 1.807) is 0 Å². The second-order valence-corrected chi connectivity index (χ2v) is 9.23. The molecule has 0 bridgehead atoms. The Balaban J connectivity index is 3.09. The van der Waals surface area contributed by atoms with E-state index in [9.17, 15) is 39.3 Å². The number of hydrogen-bond acceptors (Lipinski definition) is 8. The number of nitrogens with two attached hydrogens (primary N) is 1. The molecule has 5 unspecified atom stereocenters. The van der Waals surface area contributed by atoms with E-state index in [-0.39, 0.29) is 18.1 Å². The van der Waals surface area contributed by atoms with Crippen molar-refractivity contribution in [1.29, 1.82) is 0 Å². The lowest BCUT2D eigenvalue weighted by Gasteiger charge is -2.26. The Morgan fingerprint density at radius 1 is 0.865 bits per heavy atom. The molecule has 206 valence electrons. The molecule has 13 heteroatoms. The highest BCUT2D eigenvalue weighted by Crippen LogP contribution is 2.12. The molecule has 0 fully saturated rings. The minimum atomic E-state index is -1.61. The number of aliphatic hydroxyl groups is 1. The van der Waals surface area contributed by atoms with Gasteiger partial charge in [-0.3, -0.25) is 19.2 Å². The van der Waals surface area contributed by atoms with Crippen molar-refractivity contribution < 1.29 is 44.4 Å². The summed E-state index contributed by atoms with van der Waals surface area (Å²) in [5.74, 6) is -5.15. The van der Waals surface area contributed by atoms with Gasteiger partial charge in [-0.1, -0.05) is 26.0 Å². The maximum absolute atomic E-state index is 13.1. The minimum Gasteiger partial charge on any atom is -0.508 e. The second-order valence-electron chi connectivity index (χ2n) is 9.23. The zero-order chi connectivity index (χ0) is 28.3. The molecular formula is C24H36N4O9. The van der Waals surface area contributed by atoms with Gasteiger partial charge < -0.3 is 42.1 Å². The fourth-order valence-corrected chi connectivity index (χ4v) is 3.42. The minimum absolute atomic E-state index is 0.00512. The Hall–Kier alpha value is -3.71. The van der Waals surface area contributed by atoms with Gasteiger partial charge in [-0.05, 0) is 43.4 Å². The normalized spacial score (nSPS) is 15.1. The highest BCUT2D eigenvalue weighted by atomic mass is 16.4. The first-order valence-corrected chi connectivity index (χ1v) is 11.8. The highest BCUT2D eigenvalue weighted by Gasteiger charge is 2.33. The smallest absolute Gasteiger partial charge is 0.326 e. The number of amides is 3. The van der Waals surface area contributed by atoms with Crippen molar-refractivity contribution in [2.24, 2.45) is 11.7 Å². The van der Waals surface area contributed by atoms with Crippen molar-refractivity contribution in [3.63, 3.8) is 0 Å². The topological polar surface area (TPSA) is 228 Å². The van der Waals surface area contributed by atoms with Crippen molar-refractivity contribution in [1.82, 2.24) is 16.0 Å². The molecule has 1 aromatic carbocycles. The SMILES string of the molecule is CC(C)CC(N)C(=O)NC(Cc1ccc(O)cc1)C(=O)NC(C(=O)NC(CCC(=O)O)C(=O)O)C(C)O. The molecule has 0 saturated carbocycles. The summed E-state index contributed by atoms with van der Waals surface area (Å²) in [7, 11) is 0. The van der Waals surface area contributed by atoms with Crippen molar-refractivity contribution >= 4 is 29.7 Å². The number of benzene rings is 1. The number of phenolic OH excluding ortho intramolecular Hbond substituents is 1. The third-order valence-corrected chi connectivity index (χ3v) is 5.40. The van der Waals surface area contributed by atoms with Crippen molar-refractivity contribution in [2.75, 3.05) is 0 Å². The first-order chi connectivity index (χ1) is 17.2. The third-order valence-electron chi connectivity index (χ3n) is 5.40. The first kappa shape index (κ1) is 31.3. The number of aromatic hydroxyl groups is 1. The number of rotatable bonds is 15. The van der Waals surface area contributed by atoms with Crippen LogP contribution in [0.5, 0.6) is 5.75 Å². The van der Waals surface area contributed by atoms with Gasteiger partial charge in [-0.2, -0.15) is 0 Å². The van der Waals surface area contributed by atoms with Crippen LogP contribution in [0.25, 0.3) is 0 Å². The quantitative estimate of drug-likeness (QED) is 0.141. The van der Waals surface area contributed by atoms with Crippen LogP contribution in [0.1, 0.15) is 45.6 Å². The van der Waals surface area contributed by atoms with Crippen LogP contribution >= 0.6 is 0 Å². The lowest BCUT2D eigenvalue weighted by Crippen LogP contribution is -2.60. The molecule has 0 aliphatic heterocycles. The summed E-state index contributed by atoms with van der Waals surface area (Å²) in [4.78, 5) is 60.7. The molecule has 0 aliphatic carbocycles. The van der Waals surface area contributed by atoms with Crippen LogP contribution in [0.3, 0.4) is 0 Å². The van der Waals surface area contributed by atoms with E-state index in [0.717, 1.165) is 0 Å². The molecule has 0 saturated heterocycles. The van der Waals surface area contributed by atoms with E-state index in [1.807, 2.05) is 13.8 Å². The Morgan fingerprint density at radius 2 is 1.43 bits per heavy atom. The monoisotopic (exact) mass is 524 g/mol. The van der Waals surface area contributed by atoms with Crippen LogP contribution in [-0.2, 0) is 30.4 Å². The molecule has 1 aromatic rings. The zero-order valence-electron chi connectivity index (χ0n) is 21.0. The summed E-state index contributed by atoms with van der Waals surface area (Å²) < 4.78 is 0. The van der Waals surface area contributed by atoms with Gasteiger partial charge in [0.2, 0.25) is 17.7 Å². The molecular weight excluding hydrogens is 488 g/mol. The molecule has 1 rings (SSSR count). The van der Waals surface area contributed by atoms with Gasteiger partial charge in [-0.25, -0.2) is 4.79 Å². The van der Waals surface area contributed by atoms with Gasteiger partial charge in [0, 0.05) is 12.8 Å². The van der Waals surface area contributed by atoms with Crippen LogP contribution < -0.4 is 21.7 Å². The molecule has 37 heavy (non-hydrogen) atoms. The first-order valence-electron chi connectivity index (χ1n) is 11.8. The van der Waals surface area contributed by atoms with E-state index in [1.165, 1.54) is 31.2 Å². The van der Waals surface area contributed by atoms with Gasteiger partial charge in [0.25, 0.3) is 0 Å². The molecule has 0 aliphatic rings. The predicted molar refractivity (Wildman–Crippen MR) is 131 cm³/mol. The fraction of sp³-hybridized carbons (Fsp3) is 0.542. The van der Waals surface area contributed by atoms with Crippen molar-refractivity contribution in [3.05, 3.63) is 29.8 Å². The van der Waals surface area contributed by atoms with Crippen LogP contribution in [0.4, 0.5) is 0 Å². The highest BCUT2D eigenvalue weighted by molar-refractivity contribution is 5.94. The largest absolute Gasteiger partial charge is 0.508 e. The predicted octanol–water partition coefficient (Wildman–Crippen LogP) is -0.907. The number of nitrogens with one attached hydrogen (secondary N) is 3. The Kier molecular flexibility index (Phi) is 12.5. The molecule has 0 heterocycles. The molecule has 13 nitrogen and oxygen atoms in total. The summed E-state index contributed by atoms with van der Waals surface area (Å²) in [5.41, 5.74) is 6.50. The van der Waals surface area contributed by atoms with Crippen LogP contribution in [0.2, 0.25) is 0 Å². The Labute approximate surface area is 214 Å². The van der Waals surface area contributed by atoms with Crippen molar-refractivity contribution in [2.45, 2.75) is 76.7 Å². The number of carbonyl (C=O) groups excluding carboxylic acids is 3. The molecule has 3 amide bonds. The number of hydrogen-bond donors (Lipinski definition) is 8. The van der Waals surface area contributed by atoms with Crippen molar-refractivity contribution in [3.8, 4) is 5.75 Å². The summed E-state index contributed by atoms with van der Waals surface area (Å²) in [6.07, 6.45) is -2.10. The summed E-state index contributed by atoms with van der Waals surface area (Å²) >= 11 is 0. The fourth-order valence-electron chi connectivity index (χ4n) is 3.42. The number of aliphatic hydroxyl groups excluding tert-OH is 1. The molecule has 5 atom stereocenters. The molecule has 9 N–H and O–H groups in total. The lowest BCUT2D eigenvalue weighted by atomic mass is 10.0. The summed E-state index contributed by atoms with van der Waals surface area (Å²) in [6.45, 7) is 4.95. The van der Waals surface area contributed by atoms with Gasteiger partial charge in [0.05, 0.1) is 12.1 Å². The van der Waals surface area contributed by atoms with E-state index < -0.39 is 72.8 Å². The summed E-state index contributed by atoms with van der Waals surface area (Å²) in [5, 5.41) is 44.7. The third kappa shape index (κ3) is 11.3.